The molecular formula is C24H22F2N6O3. The molecule has 1 aliphatic heterocycles. The van der Waals surface area contributed by atoms with Gasteiger partial charge in [-0.3, -0.25) is 9.78 Å². The summed E-state index contributed by atoms with van der Waals surface area (Å²) in [5, 5.41) is 18.9. The highest BCUT2D eigenvalue weighted by Crippen LogP contribution is 2.35. The molecule has 0 bridgehead atoms. The van der Waals surface area contributed by atoms with E-state index in [1.165, 1.54) is 12.4 Å². The summed E-state index contributed by atoms with van der Waals surface area (Å²) in [5.41, 5.74) is 0.102. The molecule has 2 N–H and O–H groups in total. The number of nitrogens with one attached hydrogen (secondary N) is 1. The normalized spacial score (nSPS) is 20.6. The zero-order chi connectivity index (χ0) is 24.2. The van der Waals surface area contributed by atoms with E-state index in [1.807, 2.05) is 0 Å². The smallest absolute Gasteiger partial charge is 0.281 e. The number of carbonyl (C=O) groups is 1. The fourth-order valence-electron chi connectivity index (χ4n) is 4.43. The van der Waals surface area contributed by atoms with E-state index >= 15 is 0 Å². The molecule has 35 heavy (non-hydrogen) atoms. The third-order valence-electron chi connectivity index (χ3n) is 6.54. The number of hydrogen-bond donors (Lipinski definition) is 2. The second-order valence-electron chi connectivity index (χ2n) is 9.08. The van der Waals surface area contributed by atoms with E-state index in [9.17, 15) is 18.7 Å². The van der Waals surface area contributed by atoms with E-state index in [2.05, 4.69) is 25.4 Å². The highest BCUT2D eigenvalue weighted by atomic mass is 19.3. The van der Waals surface area contributed by atoms with E-state index in [1.54, 1.807) is 28.9 Å². The van der Waals surface area contributed by atoms with Gasteiger partial charge in [0.2, 0.25) is 5.91 Å². The first-order valence-electron chi connectivity index (χ1n) is 11.5. The maximum atomic E-state index is 13.7. The summed E-state index contributed by atoms with van der Waals surface area (Å²) in [6, 6.07) is 5.08. The van der Waals surface area contributed by atoms with Crippen molar-refractivity contribution < 1.29 is 23.4 Å². The molecule has 4 aromatic rings. The lowest BCUT2D eigenvalue weighted by molar-refractivity contribution is -0.117. The number of halogens is 2. The van der Waals surface area contributed by atoms with Crippen molar-refractivity contribution in [3.05, 3.63) is 48.0 Å². The van der Waals surface area contributed by atoms with Crippen LogP contribution in [0.3, 0.4) is 0 Å². The van der Waals surface area contributed by atoms with Gasteiger partial charge in [0.1, 0.15) is 17.1 Å². The summed E-state index contributed by atoms with van der Waals surface area (Å²) in [7, 11) is 0. The summed E-state index contributed by atoms with van der Waals surface area (Å²) in [4.78, 5) is 24.9. The van der Waals surface area contributed by atoms with Crippen LogP contribution in [0.4, 0.5) is 14.6 Å². The van der Waals surface area contributed by atoms with Gasteiger partial charge in [-0.2, -0.15) is 0 Å². The Morgan fingerprint density at radius 1 is 1.23 bits per heavy atom. The Bertz CT molecular complexity index is 1450. The molecule has 1 saturated carbocycles. The zero-order valence-corrected chi connectivity index (χ0v) is 18.6. The molecule has 5 heterocycles. The Kier molecular flexibility index (Phi) is 5.19. The van der Waals surface area contributed by atoms with Crippen LogP contribution in [0.2, 0.25) is 0 Å². The predicted octanol–water partition coefficient (Wildman–Crippen LogP) is 3.62. The lowest BCUT2D eigenvalue weighted by Gasteiger charge is -2.32. The molecule has 1 amide bonds. The van der Waals surface area contributed by atoms with Crippen LogP contribution >= 0.6 is 0 Å². The molecule has 2 aliphatic rings. The van der Waals surface area contributed by atoms with Gasteiger partial charge in [0.25, 0.3) is 6.43 Å². The number of aliphatic hydroxyl groups is 1. The van der Waals surface area contributed by atoms with Gasteiger partial charge in [0, 0.05) is 53.0 Å². The summed E-state index contributed by atoms with van der Waals surface area (Å²) >= 11 is 0. The van der Waals surface area contributed by atoms with Crippen LogP contribution in [0.5, 0.6) is 0 Å². The van der Waals surface area contributed by atoms with Crippen molar-refractivity contribution in [2.75, 3.05) is 18.5 Å². The predicted molar refractivity (Wildman–Crippen MR) is 122 cm³/mol. The number of fused-ring (bicyclic) bond motifs is 2. The lowest BCUT2D eigenvalue weighted by atomic mass is 9.90. The van der Waals surface area contributed by atoms with Crippen LogP contribution in [0.1, 0.15) is 43.4 Å². The number of amides is 1. The molecule has 180 valence electrons. The third-order valence-corrected chi connectivity index (χ3v) is 6.54. The van der Waals surface area contributed by atoms with E-state index in [4.69, 9.17) is 4.74 Å². The maximum absolute atomic E-state index is 13.7. The number of hydrogen-bond acceptors (Lipinski definition) is 7. The molecule has 1 unspecified atom stereocenters. The van der Waals surface area contributed by atoms with Crippen LogP contribution in [0.15, 0.2) is 36.8 Å². The fraction of sp³-hybridized carbons (Fsp3) is 0.375. The van der Waals surface area contributed by atoms with E-state index in [-0.39, 0.29) is 35.5 Å². The first kappa shape index (κ1) is 21.9. The topological polar surface area (TPSA) is 115 Å². The first-order valence-corrected chi connectivity index (χ1v) is 11.5. The van der Waals surface area contributed by atoms with Crippen molar-refractivity contribution in [1.82, 2.24) is 24.6 Å². The minimum atomic E-state index is -2.80. The van der Waals surface area contributed by atoms with Gasteiger partial charge in [0.15, 0.2) is 11.5 Å². The van der Waals surface area contributed by atoms with Gasteiger partial charge in [-0.05, 0) is 37.8 Å². The van der Waals surface area contributed by atoms with Gasteiger partial charge in [-0.15, -0.1) is 5.10 Å². The standard InChI is InChI=1S/C24H22F2N6O3/c25-21(26)20-16-9-27-18(29-23(33)13-2-3-13)8-15(16)17(10-28-20)22-30-19-5-4-14(11-32(19)31-22)24(34)6-1-7-35-12-24/h4-5,8-11,13,21,34H,1-3,6-7,12H2,(H,27,29,33). The largest absolute Gasteiger partial charge is 0.383 e. The van der Waals surface area contributed by atoms with E-state index in [0.29, 0.717) is 35.2 Å². The van der Waals surface area contributed by atoms with Crippen molar-refractivity contribution >= 4 is 28.1 Å². The Morgan fingerprint density at radius 3 is 2.83 bits per heavy atom. The zero-order valence-electron chi connectivity index (χ0n) is 18.6. The second-order valence-corrected chi connectivity index (χ2v) is 9.08. The Balaban J connectivity index is 1.44. The van der Waals surface area contributed by atoms with Crippen LogP contribution in [-0.4, -0.2) is 48.8 Å². The fourth-order valence-corrected chi connectivity index (χ4v) is 4.43. The summed E-state index contributed by atoms with van der Waals surface area (Å²) in [5.74, 6) is 0.384. The van der Waals surface area contributed by atoms with Crippen molar-refractivity contribution in [1.29, 1.82) is 0 Å². The monoisotopic (exact) mass is 480 g/mol. The summed E-state index contributed by atoms with van der Waals surface area (Å²) in [6.07, 6.45) is 4.50. The number of carbonyl (C=O) groups excluding carboxylic acids is 1. The number of aromatic nitrogens is 5. The molecule has 6 rings (SSSR count). The highest BCUT2D eigenvalue weighted by Gasteiger charge is 2.33. The molecule has 9 nitrogen and oxygen atoms in total. The molecule has 0 aromatic carbocycles. The lowest BCUT2D eigenvalue weighted by Crippen LogP contribution is -2.36. The number of alkyl halides is 2. The average molecular weight is 480 g/mol. The summed E-state index contributed by atoms with van der Waals surface area (Å²) in [6.45, 7) is 0.816. The molecule has 1 saturated heterocycles. The number of anilines is 1. The van der Waals surface area contributed by atoms with Crippen molar-refractivity contribution in [3.63, 3.8) is 0 Å². The molecular weight excluding hydrogens is 458 g/mol. The van der Waals surface area contributed by atoms with Crippen LogP contribution in [0.25, 0.3) is 27.8 Å². The number of nitrogens with zero attached hydrogens (tertiary/aromatic N) is 5. The van der Waals surface area contributed by atoms with Crippen molar-refractivity contribution in [2.45, 2.75) is 37.7 Å². The summed E-state index contributed by atoms with van der Waals surface area (Å²) < 4.78 is 34.3. The van der Waals surface area contributed by atoms with Gasteiger partial charge < -0.3 is 15.2 Å². The number of pyridine rings is 3. The Labute approximate surface area is 198 Å². The molecule has 4 aromatic heterocycles. The van der Waals surface area contributed by atoms with Crippen LogP contribution < -0.4 is 5.32 Å². The molecule has 0 radical (unpaired) electrons. The highest BCUT2D eigenvalue weighted by molar-refractivity contribution is 6.00. The quantitative estimate of drug-likeness (QED) is 0.448. The van der Waals surface area contributed by atoms with Gasteiger partial charge in [0.05, 0.1) is 6.61 Å². The average Bonchev–Trinajstić information content (AvgIpc) is 3.62. The molecule has 1 aliphatic carbocycles. The Morgan fingerprint density at radius 2 is 2.09 bits per heavy atom. The van der Waals surface area contributed by atoms with E-state index in [0.717, 1.165) is 19.3 Å². The van der Waals surface area contributed by atoms with Crippen molar-refractivity contribution in [3.8, 4) is 11.4 Å². The van der Waals surface area contributed by atoms with Gasteiger partial charge in [-0.25, -0.2) is 23.3 Å². The van der Waals surface area contributed by atoms with Crippen molar-refractivity contribution in [2.24, 2.45) is 5.92 Å². The van der Waals surface area contributed by atoms with Crippen LogP contribution in [-0.2, 0) is 15.1 Å². The second kappa shape index (κ2) is 8.28. The van der Waals surface area contributed by atoms with E-state index < -0.39 is 17.7 Å². The number of ether oxygens (including phenoxy) is 1. The minimum Gasteiger partial charge on any atom is -0.383 e. The molecule has 0 spiro atoms. The minimum absolute atomic E-state index is 0.0280. The molecule has 2 fully saturated rings. The third kappa shape index (κ3) is 4.00. The number of rotatable bonds is 5. The van der Waals surface area contributed by atoms with Crippen LogP contribution in [0, 0.1) is 5.92 Å². The molecule has 1 atom stereocenters. The first-order chi connectivity index (χ1) is 16.9. The molecule has 11 heteroatoms. The SMILES string of the molecule is O=C(Nc1cc2c(-c3nc4ccc(C5(O)CCCOC5)cn4n3)cnc(C(F)F)c2cn1)C1CC1. The van der Waals surface area contributed by atoms with Gasteiger partial charge in [-0.1, -0.05) is 6.07 Å². The van der Waals surface area contributed by atoms with Gasteiger partial charge >= 0.3 is 0 Å². The maximum Gasteiger partial charge on any atom is 0.281 e. The Hall–Kier alpha value is -3.57.